The van der Waals surface area contributed by atoms with Gasteiger partial charge >= 0.3 is 0 Å². The van der Waals surface area contributed by atoms with Crippen LogP contribution in [0.1, 0.15) is 33.6 Å². The molecule has 0 bridgehead atoms. The molecule has 0 aliphatic carbocycles. The summed E-state index contributed by atoms with van der Waals surface area (Å²) in [6.07, 6.45) is 8.22. The van der Waals surface area contributed by atoms with Crippen molar-refractivity contribution in [2.75, 3.05) is 11.9 Å². The molecule has 0 aromatic carbocycles. The Bertz CT molecular complexity index is 566. The second-order valence-corrected chi connectivity index (χ2v) is 5.17. The first-order chi connectivity index (χ1) is 9.33. The Morgan fingerprint density at radius 2 is 2.32 bits per heavy atom. The molecule has 1 aliphatic rings. The van der Waals surface area contributed by atoms with E-state index in [0.717, 1.165) is 24.5 Å². The fraction of sp³-hybridized carbons (Fsp3) is 0.333. The van der Waals surface area contributed by atoms with E-state index in [1.54, 1.807) is 12.4 Å². The highest BCUT2D eigenvalue weighted by Crippen LogP contribution is 2.31. The topological polar surface area (TPSA) is 77.0 Å². The van der Waals surface area contributed by atoms with Gasteiger partial charge in [-0.2, -0.15) is 0 Å². The smallest absolute Gasteiger partial charge is 0.268 e. The summed E-state index contributed by atoms with van der Waals surface area (Å²) in [7, 11) is 0. The quantitative estimate of drug-likeness (QED) is 0.928. The summed E-state index contributed by atoms with van der Waals surface area (Å²) in [5.41, 5.74) is 0. The first kappa shape index (κ1) is 12.2. The number of amides is 1. The molecule has 2 aromatic heterocycles. The van der Waals surface area contributed by atoms with Crippen LogP contribution in [-0.4, -0.2) is 27.5 Å². The van der Waals surface area contributed by atoms with E-state index in [0.29, 0.717) is 10.7 Å². The van der Waals surface area contributed by atoms with Crippen LogP contribution in [0.3, 0.4) is 0 Å². The van der Waals surface area contributed by atoms with Crippen LogP contribution in [0.5, 0.6) is 0 Å². The summed E-state index contributed by atoms with van der Waals surface area (Å²) >= 11 is 1.36. The standard InChI is InChI=1S/C12H12N4O2S/c17-11(16-10-7-13-3-4-14-10)9-6-15-12(19-9)8-2-1-5-18-8/h3-4,6-8H,1-2,5H2,(H,14,16,17)/t8-/m1/s1. The molecule has 0 spiro atoms. The number of hydrogen-bond acceptors (Lipinski definition) is 6. The van der Waals surface area contributed by atoms with Gasteiger partial charge in [-0.15, -0.1) is 11.3 Å². The third-order valence-electron chi connectivity index (χ3n) is 2.76. The third kappa shape index (κ3) is 2.77. The van der Waals surface area contributed by atoms with Gasteiger partial charge in [-0.1, -0.05) is 0 Å². The minimum Gasteiger partial charge on any atom is -0.371 e. The van der Waals surface area contributed by atoms with Crippen molar-refractivity contribution in [3.05, 3.63) is 34.7 Å². The third-order valence-corrected chi connectivity index (χ3v) is 3.85. The molecule has 1 saturated heterocycles. The Balaban J connectivity index is 1.70. The lowest BCUT2D eigenvalue weighted by atomic mass is 10.2. The zero-order valence-electron chi connectivity index (χ0n) is 10.1. The number of hydrogen-bond donors (Lipinski definition) is 1. The zero-order valence-corrected chi connectivity index (χ0v) is 10.9. The van der Waals surface area contributed by atoms with E-state index in [9.17, 15) is 4.79 Å². The van der Waals surface area contributed by atoms with E-state index in [2.05, 4.69) is 20.3 Å². The molecule has 7 heteroatoms. The van der Waals surface area contributed by atoms with Crippen molar-refractivity contribution in [3.63, 3.8) is 0 Å². The molecule has 0 unspecified atom stereocenters. The molecule has 98 valence electrons. The van der Waals surface area contributed by atoms with Gasteiger partial charge in [-0.05, 0) is 12.8 Å². The van der Waals surface area contributed by atoms with Gasteiger partial charge in [0.25, 0.3) is 5.91 Å². The van der Waals surface area contributed by atoms with Crippen molar-refractivity contribution in [2.24, 2.45) is 0 Å². The van der Waals surface area contributed by atoms with Crippen molar-refractivity contribution < 1.29 is 9.53 Å². The number of nitrogens with one attached hydrogen (secondary N) is 1. The van der Waals surface area contributed by atoms with Crippen LogP contribution >= 0.6 is 11.3 Å². The SMILES string of the molecule is O=C(Nc1cnccn1)c1cnc([C@H]2CCCO2)s1. The van der Waals surface area contributed by atoms with Gasteiger partial charge in [0, 0.05) is 19.0 Å². The lowest BCUT2D eigenvalue weighted by Crippen LogP contribution is -2.11. The monoisotopic (exact) mass is 276 g/mol. The maximum absolute atomic E-state index is 12.0. The van der Waals surface area contributed by atoms with Crippen molar-refractivity contribution >= 4 is 23.1 Å². The Labute approximate surface area is 113 Å². The average molecular weight is 276 g/mol. The fourth-order valence-corrected chi connectivity index (χ4v) is 2.75. The van der Waals surface area contributed by atoms with Crippen LogP contribution in [0.15, 0.2) is 24.8 Å². The predicted octanol–water partition coefficient (Wildman–Crippen LogP) is 2.04. The lowest BCUT2D eigenvalue weighted by Gasteiger charge is -2.03. The molecule has 3 heterocycles. The number of carbonyl (C=O) groups is 1. The predicted molar refractivity (Wildman–Crippen MR) is 70.0 cm³/mol. The minimum absolute atomic E-state index is 0.0445. The summed E-state index contributed by atoms with van der Waals surface area (Å²) in [4.78, 5) is 24.7. The molecule has 1 N–H and O–H groups in total. The molecular formula is C12H12N4O2S. The highest BCUT2D eigenvalue weighted by atomic mass is 32.1. The van der Waals surface area contributed by atoms with Gasteiger partial charge in [0.15, 0.2) is 5.82 Å². The van der Waals surface area contributed by atoms with Crippen molar-refractivity contribution in [2.45, 2.75) is 18.9 Å². The van der Waals surface area contributed by atoms with E-state index in [1.165, 1.54) is 23.7 Å². The van der Waals surface area contributed by atoms with Crippen molar-refractivity contribution in [1.82, 2.24) is 15.0 Å². The van der Waals surface area contributed by atoms with E-state index in [4.69, 9.17) is 4.74 Å². The average Bonchev–Trinajstić information content (AvgIpc) is 3.11. The second kappa shape index (κ2) is 5.41. The van der Waals surface area contributed by atoms with Crippen LogP contribution in [0.25, 0.3) is 0 Å². The van der Waals surface area contributed by atoms with E-state index in [-0.39, 0.29) is 12.0 Å². The number of nitrogens with zero attached hydrogens (tertiary/aromatic N) is 3. The van der Waals surface area contributed by atoms with E-state index >= 15 is 0 Å². The van der Waals surface area contributed by atoms with Crippen molar-refractivity contribution in [1.29, 1.82) is 0 Å². The molecule has 6 nitrogen and oxygen atoms in total. The Morgan fingerprint density at radius 1 is 1.37 bits per heavy atom. The zero-order chi connectivity index (χ0) is 13.1. The summed E-state index contributed by atoms with van der Waals surface area (Å²) < 4.78 is 5.54. The maximum atomic E-state index is 12.0. The Kier molecular flexibility index (Phi) is 3.47. The molecule has 2 aromatic rings. The maximum Gasteiger partial charge on any atom is 0.268 e. The highest BCUT2D eigenvalue weighted by Gasteiger charge is 2.22. The fourth-order valence-electron chi connectivity index (χ4n) is 1.86. The summed E-state index contributed by atoms with van der Waals surface area (Å²) in [6.45, 7) is 0.769. The number of aromatic nitrogens is 3. The lowest BCUT2D eigenvalue weighted by molar-refractivity contribution is 0.103. The molecule has 0 radical (unpaired) electrons. The van der Waals surface area contributed by atoms with Gasteiger partial charge in [0.2, 0.25) is 0 Å². The summed E-state index contributed by atoms with van der Waals surface area (Å²) in [5, 5.41) is 3.54. The van der Waals surface area contributed by atoms with Crippen LogP contribution in [0.2, 0.25) is 0 Å². The molecule has 1 aliphatic heterocycles. The first-order valence-corrected chi connectivity index (χ1v) is 6.79. The van der Waals surface area contributed by atoms with Gasteiger partial charge in [0.1, 0.15) is 16.0 Å². The Morgan fingerprint density at radius 3 is 3.05 bits per heavy atom. The summed E-state index contributed by atoms with van der Waals surface area (Å²) in [5.74, 6) is 0.210. The first-order valence-electron chi connectivity index (χ1n) is 5.97. The van der Waals surface area contributed by atoms with Crippen LogP contribution < -0.4 is 5.32 Å². The van der Waals surface area contributed by atoms with Gasteiger partial charge in [-0.25, -0.2) is 9.97 Å². The molecule has 1 amide bonds. The number of anilines is 1. The van der Waals surface area contributed by atoms with Crippen LogP contribution in [0, 0.1) is 0 Å². The number of rotatable bonds is 3. The molecule has 1 fully saturated rings. The molecular weight excluding hydrogens is 264 g/mol. The normalized spacial score (nSPS) is 18.4. The molecule has 19 heavy (non-hydrogen) atoms. The number of carbonyl (C=O) groups excluding carboxylic acids is 1. The highest BCUT2D eigenvalue weighted by molar-refractivity contribution is 7.13. The molecule has 3 rings (SSSR count). The van der Waals surface area contributed by atoms with E-state index < -0.39 is 0 Å². The van der Waals surface area contributed by atoms with Crippen LogP contribution in [-0.2, 0) is 4.74 Å². The van der Waals surface area contributed by atoms with Gasteiger partial charge < -0.3 is 10.1 Å². The summed E-state index contributed by atoms with van der Waals surface area (Å²) in [6, 6.07) is 0. The number of thiazole rings is 1. The van der Waals surface area contributed by atoms with Gasteiger partial charge in [0.05, 0.1) is 12.4 Å². The minimum atomic E-state index is -0.220. The van der Waals surface area contributed by atoms with Gasteiger partial charge in [-0.3, -0.25) is 9.78 Å². The molecule has 0 saturated carbocycles. The van der Waals surface area contributed by atoms with Crippen molar-refractivity contribution in [3.8, 4) is 0 Å². The molecule has 1 atom stereocenters. The van der Waals surface area contributed by atoms with Crippen LogP contribution in [0.4, 0.5) is 5.82 Å². The largest absolute Gasteiger partial charge is 0.371 e. The Hall–Kier alpha value is -1.86. The number of ether oxygens (including phenoxy) is 1. The van der Waals surface area contributed by atoms with E-state index in [1.807, 2.05) is 0 Å². The second-order valence-electron chi connectivity index (χ2n) is 4.11.